The highest BCUT2D eigenvalue weighted by molar-refractivity contribution is 14.0. The van der Waals surface area contributed by atoms with Gasteiger partial charge in [-0.1, -0.05) is 6.07 Å². The maximum Gasteiger partial charge on any atom is 0.220 e. The Balaban J connectivity index is 0.00000341. The Labute approximate surface area is 199 Å². The summed E-state index contributed by atoms with van der Waals surface area (Å²) < 4.78 is 20.0. The third-order valence-electron chi connectivity index (χ3n) is 5.19. The second-order valence-electron chi connectivity index (χ2n) is 7.26. The van der Waals surface area contributed by atoms with E-state index in [1.54, 1.807) is 38.5 Å². The number of aromatic nitrogens is 1. The van der Waals surface area contributed by atoms with E-state index in [1.807, 2.05) is 6.07 Å². The number of rotatable bonds is 6. The van der Waals surface area contributed by atoms with Crippen LogP contribution in [0.4, 0.5) is 4.39 Å². The smallest absolute Gasteiger partial charge is 0.220 e. The van der Waals surface area contributed by atoms with Gasteiger partial charge in [-0.05, 0) is 48.6 Å². The number of guanidine groups is 1. The van der Waals surface area contributed by atoms with E-state index in [2.05, 4.69) is 25.5 Å². The molecule has 0 bridgehead atoms. The lowest BCUT2D eigenvalue weighted by atomic mass is 9.93. The monoisotopic (exact) mass is 541 g/mol. The van der Waals surface area contributed by atoms with Crippen molar-refractivity contribution in [2.75, 3.05) is 27.2 Å². The second kappa shape index (κ2) is 12.4. The minimum Gasteiger partial charge on any atom is -0.453 e. The van der Waals surface area contributed by atoms with Crippen molar-refractivity contribution in [1.82, 2.24) is 20.5 Å². The summed E-state index contributed by atoms with van der Waals surface area (Å²) >= 11 is 0. The number of carbonyl (C=O) groups is 1. The average molecular weight is 541 g/mol. The molecular formula is C22H29FIN5O2. The number of likely N-dealkylation sites (tertiary alicyclic amines) is 1. The summed E-state index contributed by atoms with van der Waals surface area (Å²) in [5.74, 6) is 1.50. The van der Waals surface area contributed by atoms with Crippen molar-refractivity contribution in [3.8, 4) is 11.5 Å². The van der Waals surface area contributed by atoms with Crippen molar-refractivity contribution < 1.29 is 13.9 Å². The number of aliphatic imine (C=N–C) groups is 1. The van der Waals surface area contributed by atoms with Crippen molar-refractivity contribution >= 4 is 35.8 Å². The number of hydrogen-bond donors (Lipinski definition) is 2. The Morgan fingerprint density at radius 1 is 1.32 bits per heavy atom. The zero-order chi connectivity index (χ0) is 21.3. The first-order valence-corrected chi connectivity index (χ1v) is 10.1. The third kappa shape index (κ3) is 7.34. The first-order valence-electron chi connectivity index (χ1n) is 10.1. The summed E-state index contributed by atoms with van der Waals surface area (Å²) in [5.41, 5.74) is 0.793. The van der Waals surface area contributed by atoms with Gasteiger partial charge in [-0.2, -0.15) is 0 Å². The summed E-state index contributed by atoms with van der Waals surface area (Å²) in [6, 6.07) is 8.36. The van der Waals surface area contributed by atoms with Crippen LogP contribution in [0.5, 0.6) is 11.5 Å². The van der Waals surface area contributed by atoms with Gasteiger partial charge in [-0.15, -0.1) is 24.0 Å². The summed E-state index contributed by atoms with van der Waals surface area (Å²) in [7, 11) is 3.41. The molecule has 0 aliphatic carbocycles. The molecule has 2 aromatic rings. The van der Waals surface area contributed by atoms with E-state index in [4.69, 9.17) is 4.74 Å². The maximum absolute atomic E-state index is 14.4. The first kappa shape index (κ1) is 24.8. The van der Waals surface area contributed by atoms with Gasteiger partial charge in [0.05, 0.1) is 6.20 Å². The highest BCUT2D eigenvalue weighted by Crippen LogP contribution is 2.24. The fourth-order valence-corrected chi connectivity index (χ4v) is 3.50. The van der Waals surface area contributed by atoms with Gasteiger partial charge in [0.15, 0.2) is 17.5 Å². The van der Waals surface area contributed by atoms with Crippen molar-refractivity contribution in [2.45, 2.75) is 25.8 Å². The predicted molar refractivity (Wildman–Crippen MR) is 129 cm³/mol. The molecule has 0 unspecified atom stereocenters. The highest BCUT2D eigenvalue weighted by Gasteiger charge is 2.23. The number of amides is 1. The lowest BCUT2D eigenvalue weighted by Crippen LogP contribution is -2.45. The zero-order valence-electron chi connectivity index (χ0n) is 17.8. The molecule has 9 heteroatoms. The number of nitrogens with zero attached hydrogens (tertiary/aromatic N) is 3. The van der Waals surface area contributed by atoms with Crippen LogP contribution in [0.2, 0.25) is 0 Å². The van der Waals surface area contributed by atoms with Crippen LogP contribution >= 0.6 is 24.0 Å². The minimum absolute atomic E-state index is 0. The van der Waals surface area contributed by atoms with Gasteiger partial charge in [0.1, 0.15) is 5.75 Å². The predicted octanol–water partition coefficient (Wildman–Crippen LogP) is 3.55. The van der Waals surface area contributed by atoms with Gasteiger partial charge in [0, 0.05) is 46.3 Å². The molecule has 3 rings (SSSR count). The average Bonchev–Trinajstić information content (AvgIpc) is 2.77. The lowest BCUT2D eigenvalue weighted by Gasteiger charge is -2.34. The Morgan fingerprint density at radius 3 is 2.71 bits per heavy atom. The topological polar surface area (TPSA) is 78.9 Å². The molecule has 7 nitrogen and oxygen atoms in total. The molecule has 1 fully saturated rings. The molecule has 0 atom stereocenters. The molecule has 168 valence electrons. The molecule has 0 radical (unpaired) electrons. The quantitative estimate of drug-likeness (QED) is 0.333. The largest absolute Gasteiger partial charge is 0.453 e. The summed E-state index contributed by atoms with van der Waals surface area (Å²) in [6.07, 6.45) is 5.64. The molecule has 1 amide bonds. The van der Waals surface area contributed by atoms with E-state index >= 15 is 0 Å². The molecule has 1 aromatic carbocycles. The summed E-state index contributed by atoms with van der Waals surface area (Å²) in [6.45, 7) is 2.14. The van der Waals surface area contributed by atoms with Crippen LogP contribution in [0.3, 0.4) is 0 Å². The van der Waals surface area contributed by atoms with Crippen LogP contribution in [-0.2, 0) is 11.3 Å². The number of pyridine rings is 1. The van der Waals surface area contributed by atoms with Crippen molar-refractivity contribution in [2.24, 2.45) is 10.9 Å². The molecule has 2 N–H and O–H groups in total. The Kier molecular flexibility index (Phi) is 9.96. The number of ether oxygens (including phenoxy) is 1. The van der Waals surface area contributed by atoms with E-state index in [1.165, 1.54) is 12.3 Å². The van der Waals surface area contributed by atoms with Crippen LogP contribution in [0, 0.1) is 11.7 Å². The maximum atomic E-state index is 14.4. The van der Waals surface area contributed by atoms with Gasteiger partial charge in [0.2, 0.25) is 5.91 Å². The molecule has 1 saturated heterocycles. The number of nitrogens with one attached hydrogen (secondary N) is 2. The molecular weight excluding hydrogens is 512 g/mol. The number of carbonyl (C=O) groups excluding carboxylic acids is 1. The van der Waals surface area contributed by atoms with Gasteiger partial charge in [-0.25, -0.2) is 4.39 Å². The fourth-order valence-electron chi connectivity index (χ4n) is 3.50. The lowest BCUT2D eigenvalue weighted by molar-refractivity contribution is -0.121. The van der Waals surface area contributed by atoms with Crippen molar-refractivity contribution in [1.29, 1.82) is 0 Å². The highest BCUT2D eigenvalue weighted by atomic mass is 127. The number of halogens is 2. The minimum atomic E-state index is -0.428. The molecule has 2 heterocycles. The van der Waals surface area contributed by atoms with Gasteiger partial charge < -0.3 is 20.3 Å². The Morgan fingerprint density at radius 2 is 2.10 bits per heavy atom. The summed E-state index contributed by atoms with van der Waals surface area (Å²) in [4.78, 5) is 22.0. The SMILES string of the molecule is CN=C(NCc1ccc(Oc2cccnc2)c(F)c1)N1CCC(CC(=O)NC)CC1.I. The van der Waals surface area contributed by atoms with E-state index in [-0.39, 0.29) is 35.6 Å². The molecule has 31 heavy (non-hydrogen) atoms. The zero-order valence-corrected chi connectivity index (χ0v) is 20.1. The van der Waals surface area contributed by atoms with E-state index in [0.717, 1.165) is 37.5 Å². The molecule has 1 aliphatic rings. The first-order chi connectivity index (χ1) is 14.6. The normalized spacial score (nSPS) is 14.5. The number of hydrogen-bond acceptors (Lipinski definition) is 4. The van der Waals surface area contributed by atoms with E-state index < -0.39 is 5.82 Å². The van der Waals surface area contributed by atoms with Gasteiger partial charge in [0.25, 0.3) is 0 Å². The van der Waals surface area contributed by atoms with Crippen LogP contribution in [0.15, 0.2) is 47.7 Å². The molecule has 1 aliphatic heterocycles. The third-order valence-corrected chi connectivity index (χ3v) is 5.19. The van der Waals surface area contributed by atoms with Crippen molar-refractivity contribution in [3.05, 3.63) is 54.1 Å². The van der Waals surface area contributed by atoms with E-state index in [0.29, 0.717) is 24.6 Å². The molecule has 1 aromatic heterocycles. The van der Waals surface area contributed by atoms with Gasteiger partial charge >= 0.3 is 0 Å². The Hall–Kier alpha value is -2.43. The standard InChI is InChI=1S/C22H28FN5O2.HI/c1-24-21(29)13-16-7-10-28(11-8-16)22(25-2)27-14-17-5-6-20(19(23)12-17)30-18-4-3-9-26-15-18;/h3-6,9,12,15-16H,7-8,10-11,13-14H2,1-2H3,(H,24,29)(H,25,27);1H. The van der Waals surface area contributed by atoms with Crippen LogP contribution in [0.1, 0.15) is 24.8 Å². The number of benzene rings is 1. The van der Waals surface area contributed by atoms with Crippen LogP contribution in [-0.4, -0.2) is 48.9 Å². The van der Waals surface area contributed by atoms with Crippen LogP contribution < -0.4 is 15.4 Å². The Bertz CT molecular complexity index is 873. The molecule has 0 spiro atoms. The second-order valence-corrected chi connectivity index (χ2v) is 7.26. The molecule has 0 saturated carbocycles. The van der Waals surface area contributed by atoms with Crippen molar-refractivity contribution in [3.63, 3.8) is 0 Å². The van der Waals surface area contributed by atoms with Crippen LogP contribution in [0.25, 0.3) is 0 Å². The van der Waals surface area contributed by atoms with Gasteiger partial charge in [-0.3, -0.25) is 14.8 Å². The summed E-state index contributed by atoms with van der Waals surface area (Å²) in [5, 5.41) is 5.98. The van der Waals surface area contributed by atoms with E-state index in [9.17, 15) is 9.18 Å². The number of piperidine rings is 1. The fraction of sp³-hybridized carbons (Fsp3) is 0.409.